The molecular weight excluding hydrogens is 555 g/mol. The largest absolute Gasteiger partial charge is 0.334 e. The summed E-state index contributed by atoms with van der Waals surface area (Å²) in [5.74, 6) is -0.663. The van der Waals surface area contributed by atoms with Gasteiger partial charge in [0.2, 0.25) is 15.9 Å². The smallest absolute Gasteiger partial charge is 0.317 e. The molecule has 3 aromatic rings. The predicted molar refractivity (Wildman–Crippen MR) is 158 cm³/mol. The van der Waals surface area contributed by atoms with Crippen molar-refractivity contribution < 1.29 is 22.4 Å². The maximum atomic E-state index is 13.9. The van der Waals surface area contributed by atoms with Crippen LogP contribution in [0.2, 0.25) is 0 Å². The van der Waals surface area contributed by atoms with E-state index in [9.17, 15) is 22.4 Å². The van der Waals surface area contributed by atoms with Crippen LogP contribution >= 0.6 is 0 Å². The van der Waals surface area contributed by atoms with Crippen LogP contribution in [0.15, 0.2) is 83.8 Å². The fourth-order valence-corrected chi connectivity index (χ4v) is 6.95. The first-order chi connectivity index (χ1) is 20.2. The van der Waals surface area contributed by atoms with Crippen molar-refractivity contribution in [3.05, 3.63) is 101 Å². The lowest BCUT2D eigenvalue weighted by Crippen LogP contribution is -2.52. The van der Waals surface area contributed by atoms with Crippen molar-refractivity contribution in [2.45, 2.75) is 62.7 Å². The molecule has 1 aliphatic carbocycles. The van der Waals surface area contributed by atoms with E-state index in [0.29, 0.717) is 45.3 Å². The van der Waals surface area contributed by atoms with E-state index in [1.54, 1.807) is 46.2 Å². The quantitative estimate of drug-likeness (QED) is 0.370. The normalized spacial score (nSPS) is 15.9. The van der Waals surface area contributed by atoms with E-state index in [4.69, 9.17) is 0 Å². The molecule has 222 valence electrons. The fourth-order valence-electron chi connectivity index (χ4n) is 5.32. The number of nitrogens with zero attached hydrogens (tertiary/aromatic N) is 3. The molecule has 0 bridgehead atoms. The number of likely N-dealkylation sites (tertiary alicyclic amines) is 1. The van der Waals surface area contributed by atoms with Gasteiger partial charge in [-0.25, -0.2) is 17.6 Å². The summed E-state index contributed by atoms with van der Waals surface area (Å²) in [5.41, 5.74) is 2.72. The second kappa shape index (κ2) is 13.0. The molecule has 1 heterocycles. The van der Waals surface area contributed by atoms with E-state index in [-0.39, 0.29) is 47.8 Å². The average Bonchev–Trinajstić information content (AvgIpc) is 3.84. The minimum atomic E-state index is -3.87. The molecule has 0 radical (unpaired) electrons. The number of halogens is 1. The first-order valence-electron chi connectivity index (χ1n) is 14.4. The van der Waals surface area contributed by atoms with Crippen molar-refractivity contribution in [1.29, 1.82) is 0 Å². The van der Waals surface area contributed by atoms with Gasteiger partial charge in [-0.3, -0.25) is 4.79 Å². The number of amides is 3. The Labute approximate surface area is 247 Å². The minimum Gasteiger partial charge on any atom is -0.334 e. The third-order valence-electron chi connectivity index (χ3n) is 7.94. The maximum absolute atomic E-state index is 13.9. The van der Waals surface area contributed by atoms with Crippen molar-refractivity contribution in [1.82, 2.24) is 19.4 Å². The summed E-state index contributed by atoms with van der Waals surface area (Å²) < 4.78 is 42.2. The van der Waals surface area contributed by atoms with Gasteiger partial charge in [0.1, 0.15) is 5.82 Å². The molecule has 42 heavy (non-hydrogen) atoms. The van der Waals surface area contributed by atoms with Crippen molar-refractivity contribution in [3.63, 3.8) is 0 Å². The lowest BCUT2D eigenvalue weighted by molar-refractivity contribution is -0.135. The number of carbonyl (C=O) groups excluding carboxylic acids is 2. The third-order valence-corrected chi connectivity index (χ3v) is 9.85. The predicted octanol–water partition coefficient (Wildman–Crippen LogP) is 4.69. The summed E-state index contributed by atoms with van der Waals surface area (Å²) in [6.07, 6.45) is 2.54. The molecule has 2 aliphatic rings. The average molecular weight is 593 g/mol. The lowest BCUT2D eigenvalue weighted by atomic mass is 10.0. The summed E-state index contributed by atoms with van der Waals surface area (Å²) in [6, 6.07) is 21.8. The van der Waals surface area contributed by atoms with Crippen molar-refractivity contribution in [2.24, 2.45) is 0 Å². The van der Waals surface area contributed by atoms with Crippen LogP contribution < -0.4 is 5.32 Å². The summed E-state index contributed by atoms with van der Waals surface area (Å²) >= 11 is 0. The molecule has 1 saturated carbocycles. The highest BCUT2D eigenvalue weighted by atomic mass is 32.2. The van der Waals surface area contributed by atoms with Crippen LogP contribution in [0.25, 0.3) is 0 Å². The first-order valence-corrected chi connectivity index (χ1v) is 15.8. The van der Waals surface area contributed by atoms with Crippen LogP contribution in [0.3, 0.4) is 0 Å². The van der Waals surface area contributed by atoms with Gasteiger partial charge in [-0.1, -0.05) is 60.2 Å². The summed E-state index contributed by atoms with van der Waals surface area (Å²) in [4.78, 5) is 30.4. The highest BCUT2D eigenvalue weighted by Gasteiger charge is 2.41. The Kier molecular flexibility index (Phi) is 9.23. The molecule has 1 saturated heterocycles. The molecule has 3 aromatic carbocycles. The second-order valence-corrected chi connectivity index (χ2v) is 13.0. The number of hydrogen-bond donors (Lipinski definition) is 1. The highest BCUT2D eigenvalue weighted by molar-refractivity contribution is 7.89. The van der Waals surface area contributed by atoms with E-state index in [2.05, 4.69) is 5.32 Å². The van der Waals surface area contributed by atoms with Crippen LogP contribution in [-0.4, -0.2) is 66.2 Å². The van der Waals surface area contributed by atoms with Gasteiger partial charge in [0.25, 0.3) is 0 Å². The molecule has 0 atom stereocenters. The number of piperidine rings is 1. The van der Waals surface area contributed by atoms with Crippen LogP contribution in [-0.2, 0) is 27.9 Å². The summed E-state index contributed by atoms with van der Waals surface area (Å²) in [7, 11) is -3.87. The zero-order valence-corrected chi connectivity index (χ0v) is 24.6. The highest BCUT2D eigenvalue weighted by Crippen LogP contribution is 2.32. The Balaban J connectivity index is 1.29. The lowest BCUT2D eigenvalue weighted by Gasteiger charge is -2.39. The minimum absolute atomic E-state index is 0.155. The monoisotopic (exact) mass is 592 g/mol. The molecule has 5 rings (SSSR count). The molecule has 3 amide bonds. The van der Waals surface area contributed by atoms with Gasteiger partial charge in [-0.15, -0.1) is 0 Å². The van der Waals surface area contributed by atoms with Gasteiger partial charge in [0, 0.05) is 38.3 Å². The topological polar surface area (TPSA) is 90.0 Å². The van der Waals surface area contributed by atoms with E-state index < -0.39 is 10.0 Å². The Morgan fingerprint density at radius 1 is 0.857 bits per heavy atom. The standard InChI is InChI=1S/C32H37FN4O4S/c1-24-7-15-30(16-8-24)42(40,41)37(29-13-14-29)23-31(38)36(22-26-9-11-27(33)12-10-26)28-17-19-35(20-18-28)32(39)34-21-25-5-3-2-4-6-25/h2-12,15-16,28-29H,13-14,17-23H2,1H3,(H,34,39). The van der Waals surface area contributed by atoms with Crippen molar-refractivity contribution in [2.75, 3.05) is 19.6 Å². The van der Waals surface area contributed by atoms with Gasteiger partial charge in [0.15, 0.2) is 0 Å². The summed E-state index contributed by atoms with van der Waals surface area (Å²) in [6.45, 7) is 3.22. The molecule has 1 N–H and O–H groups in total. The number of rotatable bonds is 10. The third kappa shape index (κ3) is 7.35. The van der Waals surface area contributed by atoms with Crippen LogP contribution in [0.5, 0.6) is 0 Å². The maximum Gasteiger partial charge on any atom is 0.317 e. The van der Waals surface area contributed by atoms with E-state index >= 15 is 0 Å². The van der Waals surface area contributed by atoms with Gasteiger partial charge in [-0.05, 0) is 68.0 Å². The molecule has 0 unspecified atom stereocenters. The molecule has 10 heteroatoms. The fraction of sp³-hybridized carbons (Fsp3) is 0.375. The Hall–Kier alpha value is -3.76. The van der Waals surface area contributed by atoms with Crippen LogP contribution in [0.1, 0.15) is 42.4 Å². The van der Waals surface area contributed by atoms with Crippen molar-refractivity contribution in [3.8, 4) is 0 Å². The van der Waals surface area contributed by atoms with E-state index in [0.717, 1.165) is 16.7 Å². The number of nitrogens with one attached hydrogen (secondary N) is 1. The Morgan fingerprint density at radius 2 is 1.50 bits per heavy atom. The van der Waals surface area contributed by atoms with Crippen LogP contribution in [0, 0.1) is 12.7 Å². The Bertz CT molecular complexity index is 1470. The van der Waals surface area contributed by atoms with Gasteiger partial charge in [-0.2, -0.15) is 4.31 Å². The van der Waals surface area contributed by atoms with E-state index in [1.165, 1.54) is 16.4 Å². The Morgan fingerprint density at radius 3 is 2.12 bits per heavy atom. The van der Waals surface area contributed by atoms with Crippen molar-refractivity contribution >= 4 is 22.0 Å². The molecule has 2 fully saturated rings. The number of urea groups is 1. The number of carbonyl (C=O) groups is 2. The number of aryl methyl sites for hydroxylation is 1. The number of hydrogen-bond acceptors (Lipinski definition) is 4. The van der Waals surface area contributed by atoms with E-state index in [1.807, 2.05) is 37.3 Å². The van der Waals surface area contributed by atoms with Gasteiger partial charge >= 0.3 is 6.03 Å². The van der Waals surface area contributed by atoms with Gasteiger partial charge < -0.3 is 15.1 Å². The zero-order chi connectivity index (χ0) is 29.7. The summed E-state index contributed by atoms with van der Waals surface area (Å²) in [5, 5.41) is 2.96. The molecule has 1 aliphatic heterocycles. The molecule has 0 aromatic heterocycles. The number of benzene rings is 3. The zero-order valence-electron chi connectivity index (χ0n) is 23.8. The van der Waals surface area contributed by atoms with Gasteiger partial charge in [0.05, 0.1) is 11.4 Å². The molecule has 8 nitrogen and oxygen atoms in total. The number of sulfonamides is 1. The molecule has 0 spiro atoms. The first kappa shape index (κ1) is 29.7. The SMILES string of the molecule is Cc1ccc(S(=O)(=O)N(CC(=O)N(Cc2ccc(F)cc2)C2CCN(C(=O)NCc3ccccc3)CC2)C2CC2)cc1. The second-order valence-electron chi connectivity index (χ2n) is 11.1. The molecular formula is C32H37FN4O4S. The van der Waals surface area contributed by atoms with Crippen LogP contribution in [0.4, 0.5) is 9.18 Å².